The quantitative estimate of drug-likeness (QED) is 0.200. The molecule has 0 amide bonds. The average molecular weight is 554 g/mol. The smallest absolute Gasteiger partial charge is 0.423 e. The van der Waals surface area contributed by atoms with Crippen molar-refractivity contribution in [3.63, 3.8) is 0 Å². The van der Waals surface area contributed by atoms with Gasteiger partial charge in [-0.1, -0.05) is 0 Å². The third-order valence-electron chi connectivity index (χ3n) is 4.51. The number of ether oxygens (including phenoxy) is 2. The molecule has 0 aromatic heterocycles. The lowest BCUT2D eigenvalue weighted by atomic mass is 10.0. The number of benzene rings is 3. The van der Waals surface area contributed by atoms with Gasteiger partial charge in [0.25, 0.3) is 0 Å². The van der Waals surface area contributed by atoms with E-state index in [1.807, 2.05) is 0 Å². The summed E-state index contributed by atoms with van der Waals surface area (Å²) in [6.45, 7) is 0. The second-order valence-corrected chi connectivity index (χ2v) is 6.94. The number of anilines is 2. The Morgan fingerprint density at radius 1 is 0.514 bits per heavy atom. The highest BCUT2D eigenvalue weighted by Gasteiger charge is 2.47. The van der Waals surface area contributed by atoms with E-state index in [9.17, 15) is 57.1 Å². The van der Waals surface area contributed by atoms with Crippen LogP contribution in [-0.4, -0.2) is 0 Å². The third-order valence-corrected chi connectivity index (χ3v) is 4.51. The lowest BCUT2D eigenvalue weighted by Gasteiger charge is -2.23. The highest BCUT2D eigenvalue weighted by Crippen LogP contribution is 2.52. The molecule has 0 aliphatic rings. The number of nitrogen functional groups attached to an aromatic ring is 2. The second kappa shape index (κ2) is 9.11. The SMILES string of the molecule is Nc1c(F)c(F)cc(Oc2c(F)cc(C(F)(F)F)c(Oc3cc(F)c(F)c(N)c3F)c2C(F)(F)F)c1F. The molecule has 0 fully saturated rings. The van der Waals surface area contributed by atoms with Crippen molar-refractivity contribution in [3.05, 3.63) is 70.0 Å². The first-order valence-electron chi connectivity index (χ1n) is 9.08. The van der Waals surface area contributed by atoms with Crippen LogP contribution in [0.5, 0.6) is 23.0 Å². The van der Waals surface area contributed by atoms with Crippen molar-refractivity contribution >= 4 is 11.4 Å². The molecule has 37 heavy (non-hydrogen) atoms. The van der Waals surface area contributed by atoms with Crippen molar-refractivity contribution in [3.8, 4) is 23.0 Å². The van der Waals surface area contributed by atoms with Gasteiger partial charge in [-0.3, -0.25) is 0 Å². The van der Waals surface area contributed by atoms with E-state index in [2.05, 4.69) is 9.47 Å². The molecule has 0 radical (unpaired) electrons. The van der Waals surface area contributed by atoms with Crippen molar-refractivity contribution in [1.29, 1.82) is 0 Å². The molecule has 4 nitrogen and oxygen atoms in total. The van der Waals surface area contributed by atoms with Crippen LogP contribution in [0.1, 0.15) is 11.1 Å². The van der Waals surface area contributed by atoms with Gasteiger partial charge in [0.15, 0.2) is 63.7 Å². The molecule has 0 unspecified atom stereocenters. The molecular weight excluding hydrogens is 547 g/mol. The fourth-order valence-corrected chi connectivity index (χ4v) is 2.86. The molecule has 3 aromatic rings. The van der Waals surface area contributed by atoms with Gasteiger partial charge < -0.3 is 20.9 Å². The van der Waals surface area contributed by atoms with Crippen LogP contribution in [0.3, 0.4) is 0 Å². The van der Waals surface area contributed by atoms with E-state index in [1.165, 1.54) is 0 Å². The minimum Gasteiger partial charge on any atom is -0.453 e. The Morgan fingerprint density at radius 2 is 0.919 bits per heavy atom. The largest absolute Gasteiger partial charge is 0.453 e. The lowest BCUT2D eigenvalue weighted by molar-refractivity contribution is -0.146. The zero-order chi connectivity index (χ0) is 28.2. The zero-order valence-electron chi connectivity index (χ0n) is 17.1. The molecule has 0 aliphatic carbocycles. The molecule has 0 saturated carbocycles. The van der Waals surface area contributed by atoms with Gasteiger partial charge in [0.05, 0.1) is 0 Å². The summed E-state index contributed by atoms with van der Waals surface area (Å²) >= 11 is 0. The number of hydrogen-bond donors (Lipinski definition) is 2. The topological polar surface area (TPSA) is 70.5 Å². The van der Waals surface area contributed by atoms with Crippen LogP contribution in [0.4, 0.5) is 68.5 Å². The number of hydrogen-bond acceptors (Lipinski definition) is 4. The fourth-order valence-electron chi connectivity index (χ4n) is 2.86. The highest BCUT2D eigenvalue weighted by atomic mass is 19.4. The minimum atomic E-state index is -6.09. The molecular formula is C20H7F13N2O2. The Labute approximate surface area is 195 Å². The maximum absolute atomic E-state index is 14.5. The molecule has 200 valence electrons. The van der Waals surface area contributed by atoms with E-state index in [1.54, 1.807) is 0 Å². The van der Waals surface area contributed by atoms with Crippen LogP contribution in [0, 0.1) is 40.7 Å². The molecule has 17 heteroatoms. The van der Waals surface area contributed by atoms with Gasteiger partial charge in [-0.2, -0.15) is 26.3 Å². The molecule has 3 aromatic carbocycles. The summed E-state index contributed by atoms with van der Waals surface area (Å²) in [6.07, 6.45) is -12.0. The molecule has 0 aliphatic heterocycles. The summed E-state index contributed by atoms with van der Waals surface area (Å²) in [6, 6.07) is -1.21. The van der Waals surface area contributed by atoms with Crippen molar-refractivity contribution in [1.82, 2.24) is 0 Å². The van der Waals surface area contributed by atoms with Crippen LogP contribution in [0.2, 0.25) is 0 Å². The predicted octanol–water partition coefficient (Wildman–Crippen LogP) is 7.45. The van der Waals surface area contributed by atoms with Gasteiger partial charge >= 0.3 is 12.4 Å². The fraction of sp³-hybridized carbons (Fsp3) is 0.100. The Balaban J connectivity index is 2.39. The Morgan fingerprint density at radius 3 is 1.30 bits per heavy atom. The number of alkyl halides is 6. The van der Waals surface area contributed by atoms with Crippen molar-refractivity contribution < 1.29 is 66.5 Å². The van der Waals surface area contributed by atoms with E-state index < -0.39 is 105 Å². The summed E-state index contributed by atoms with van der Waals surface area (Å²) in [5, 5.41) is 0. The molecule has 0 saturated heterocycles. The van der Waals surface area contributed by atoms with E-state index in [-0.39, 0.29) is 12.1 Å². The summed E-state index contributed by atoms with van der Waals surface area (Å²) in [7, 11) is 0. The van der Waals surface area contributed by atoms with E-state index >= 15 is 0 Å². The van der Waals surface area contributed by atoms with Crippen molar-refractivity contribution in [2.75, 3.05) is 11.5 Å². The maximum Gasteiger partial charge on any atom is 0.423 e. The lowest BCUT2D eigenvalue weighted by Crippen LogP contribution is -2.17. The molecule has 0 bridgehead atoms. The van der Waals surface area contributed by atoms with Crippen molar-refractivity contribution in [2.45, 2.75) is 12.4 Å². The Hall–Kier alpha value is -4.05. The first-order valence-corrected chi connectivity index (χ1v) is 9.08. The van der Waals surface area contributed by atoms with Crippen LogP contribution < -0.4 is 20.9 Å². The van der Waals surface area contributed by atoms with Crippen LogP contribution in [0.15, 0.2) is 18.2 Å². The Bertz CT molecular complexity index is 1400. The monoisotopic (exact) mass is 554 g/mol. The van der Waals surface area contributed by atoms with Gasteiger partial charge in [0.2, 0.25) is 0 Å². The number of rotatable bonds is 4. The maximum atomic E-state index is 14.5. The third kappa shape index (κ3) is 4.97. The van der Waals surface area contributed by atoms with E-state index in [0.29, 0.717) is 0 Å². The van der Waals surface area contributed by atoms with E-state index in [4.69, 9.17) is 11.5 Å². The van der Waals surface area contributed by atoms with Gasteiger partial charge in [-0.15, -0.1) is 0 Å². The van der Waals surface area contributed by atoms with E-state index in [0.717, 1.165) is 0 Å². The minimum absolute atomic E-state index is 0.242. The summed E-state index contributed by atoms with van der Waals surface area (Å²) < 4.78 is 188. The summed E-state index contributed by atoms with van der Waals surface area (Å²) in [5.74, 6) is -23.2. The molecule has 3 rings (SSSR count). The van der Waals surface area contributed by atoms with Gasteiger partial charge in [-0.05, 0) is 6.07 Å². The van der Waals surface area contributed by atoms with Gasteiger partial charge in [0, 0.05) is 12.1 Å². The number of nitrogens with two attached hydrogens (primary N) is 2. The van der Waals surface area contributed by atoms with Gasteiger partial charge in [-0.25, -0.2) is 30.7 Å². The van der Waals surface area contributed by atoms with Gasteiger partial charge in [0.1, 0.15) is 22.5 Å². The standard InChI is InChI=1S/C20H7F13N2O2/c21-5-2-8(13(26)15(34)11(5)24)36-17-4(19(28,29)30)1-7(23)18(10(17)20(31,32)33)37-9-3-6(22)12(25)16(35)14(9)27/h1-3H,34-35H2. The predicted molar refractivity (Wildman–Crippen MR) is 98.0 cm³/mol. The molecule has 0 atom stereocenters. The average Bonchev–Trinajstić information content (AvgIpc) is 2.78. The van der Waals surface area contributed by atoms with Crippen molar-refractivity contribution in [2.24, 2.45) is 0 Å². The normalized spacial score (nSPS) is 12.1. The first kappa shape index (κ1) is 27.5. The molecule has 4 N–H and O–H groups in total. The highest BCUT2D eigenvalue weighted by molar-refractivity contribution is 5.58. The summed E-state index contributed by atoms with van der Waals surface area (Å²) in [4.78, 5) is 0. The second-order valence-electron chi connectivity index (χ2n) is 6.94. The first-order chi connectivity index (χ1) is 16.9. The molecule has 0 heterocycles. The van der Waals surface area contributed by atoms with Crippen LogP contribution in [0.25, 0.3) is 0 Å². The van der Waals surface area contributed by atoms with Crippen LogP contribution in [-0.2, 0) is 12.4 Å². The zero-order valence-corrected chi connectivity index (χ0v) is 17.1. The van der Waals surface area contributed by atoms with Crippen LogP contribution >= 0.6 is 0 Å². The molecule has 0 spiro atoms. The number of halogens is 13. The summed E-state index contributed by atoms with van der Waals surface area (Å²) in [5.41, 5.74) is 1.02. The Kier molecular flexibility index (Phi) is 6.78.